The second kappa shape index (κ2) is 6.01. The van der Waals surface area contributed by atoms with Crippen LogP contribution in [0.3, 0.4) is 0 Å². The summed E-state index contributed by atoms with van der Waals surface area (Å²) >= 11 is 5.00. The van der Waals surface area contributed by atoms with E-state index in [1.165, 1.54) is 0 Å². The van der Waals surface area contributed by atoms with Crippen LogP contribution in [-0.4, -0.2) is 10.9 Å². The summed E-state index contributed by atoms with van der Waals surface area (Å²) in [7, 11) is 0. The van der Waals surface area contributed by atoms with E-state index in [4.69, 9.17) is 18.0 Å². The van der Waals surface area contributed by atoms with Gasteiger partial charge in [0.05, 0.1) is 10.4 Å². The molecule has 1 aliphatic carbocycles. The molecule has 1 fully saturated rings. The topological polar surface area (TPSA) is 55.1 Å². The van der Waals surface area contributed by atoms with Gasteiger partial charge in [0.25, 0.3) is 0 Å². The third-order valence-electron chi connectivity index (χ3n) is 3.86. The van der Waals surface area contributed by atoms with E-state index in [0.717, 1.165) is 31.4 Å². The van der Waals surface area contributed by atoms with Gasteiger partial charge in [0, 0.05) is 17.8 Å². The first kappa shape index (κ1) is 15.8. The Morgan fingerprint density at radius 3 is 2.14 bits per heavy atom. The molecule has 7 heteroatoms. The van der Waals surface area contributed by atoms with Gasteiger partial charge in [-0.05, 0) is 12.8 Å². The van der Waals surface area contributed by atoms with E-state index in [1.807, 2.05) is 0 Å². The molecule has 1 saturated carbocycles. The Hall–Kier alpha value is -1.63. The van der Waals surface area contributed by atoms with Gasteiger partial charge in [-0.1, -0.05) is 31.5 Å². The smallest absolute Gasteiger partial charge is 0.237 e. The molecule has 0 atom stereocenters. The predicted octanol–water partition coefficient (Wildman–Crippen LogP) is 3.28. The number of benzene rings is 1. The first-order valence-corrected chi connectivity index (χ1v) is 7.03. The molecule has 0 aliphatic heterocycles. The number of nitrogens with one attached hydrogen (secondary N) is 1. The lowest BCUT2D eigenvalue weighted by molar-refractivity contribution is -0.123. The lowest BCUT2D eigenvalue weighted by Gasteiger charge is -2.34. The summed E-state index contributed by atoms with van der Waals surface area (Å²) < 4.78 is 39.2. The normalized spacial score (nSPS) is 17.3. The molecule has 3 N–H and O–H groups in total. The fourth-order valence-electron chi connectivity index (χ4n) is 2.62. The number of amides is 1. The van der Waals surface area contributed by atoms with E-state index < -0.39 is 28.8 Å². The monoisotopic (exact) mass is 316 g/mol. The van der Waals surface area contributed by atoms with E-state index in [0.29, 0.717) is 12.8 Å². The largest absolute Gasteiger partial charge is 0.392 e. The van der Waals surface area contributed by atoms with Crippen LogP contribution in [0, 0.1) is 22.9 Å². The first-order valence-electron chi connectivity index (χ1n) is 6.63. The van der Waals surface area contributed by atoms with Crippen molar-refractivity contribution in [1.82, 2.24) is 0 Å². The molecular weight excluding hydrogens is 301 g/mol. The molecule has 1 aromatic rings. The number of rotatable bonds is 3. The van der Waals surface area contributed by atoms with Crippen molar-refractivity contribution in [2.45, 2.75) is 32.1 Å². The Bertz CT molecular complexity index is 563. The zero-order valence-corrected chi connectivity index (χ0v) is 12.0. The lowest BCUT2D eigenvalue weighted by atomic mass is 9.73. The Morgan fingerprint density at radius 2 is 1.67 bits per heavy atom. The summed E-state index contributed by atoms with van der Waals surface area (Å²) in [5, 5.41) is 2.39. The van der Waals surface area contributed by atoms with E-state index in [1.54, 1.807) is 0 Å². The van der Waals surface area contributed by atoms with E-state index in [-0.39, 0.29) is 10.7 Å². The second-order valence-corrected chi connectivity index (χ2v) is 5.65. The van der Waals surface area contributed by atoms with E-state index in [9.17, 15) is 18.0 Å². The van der Waals surface area contributed by atoms with Gasteiger partial charge in [-0.15, -0.1) is 0 Å². The van der Waals surface area contributed by atoms with Crippen molar-refractivity contribution in [2.24, 2.45) is 11.1 Å². The van der Waals surface area contributed by atoms with Gasteiger partial charge >= 0.3 is 0 Å². The highest BCUT2D eigenvalue weighted by Gasteiger charge is 2.42. The highest BCUT2D eigenvalue weighted by molar-refractivity contribution is 7.80. The average Bonchev–Trinajstić information content (AvgIpc) is 2.45. The maximum Gasteiger partial charge on any atom is 0.237 e. The van der Waals surface area contributed by atoms with Gasteiger partial charge in [-0.25, -0.2) is 13.2 Å². The van der Waals surface area contributed by atoms with Crippen molar-refractivity contribution in [3.63, 3.8) is 0 Å². The summed E-state index contributed by atoms with van der Waals surface area (Å²) in [4.78, 5) is 12.5. The standard InChI is InChI=1S/C14H15F3N2OS/c15-9-6-8(7-10(16)11(9)17)19-13(20)14(12(18)21)4-2-1-3-5-14/h6-7H,1-5H2,(H2,18,21)(H,19,20). The minimum absolute atomic E-state index is 0.0720. The molecule has 114 valence electrons. The van der Waals surface area contributed by atoms with Crippen LogP contribution in [0.25, 0.3) is 0 Å². The Morgan fingerprint density at radius 1 is 1.14 bits per heavy atom. The molecule has 1 amide bonds. The Labute approximate surface area is 125 Å². The molecule has 21 heavy (non-hydrogen) atoms. The van der Waals surface area contributed by atoms with Crippen molar-refractivity contribution >= 4 is 28.8 Å². The van der Waals surface area contributed by atoms with Gasteiger partial charge in [0.2, 0.25) is 5.91 Å². The minimum atomic E-state index is -1.57. The molecule has 0 aromatic heterocycles. The SMILES string of the molecule is NC(=S)C1(C(=O)Nc2cc(F)c(F)c(F)c2)CCCCC1. The predicted molar refractivity (Wildman–Crippen MR) is 77.2 cm³/mol. The van der Waals surface area contributed by atoms with Crippen LogP contribution in [-0.2, 0) is 4.79 Å². The summed E-state index contributed by atoms with van der Waals surface area (Å²) in [6.07, 6.45) is 3.59. The Kier molecular flexibility index (Phi) is 4.51. The van der Waals surface area contributed by atoms with E-state index in [2.05, 4.69) is 5.32 Å². The maximum absolute atomic E-state index is 13.2. The van der Waals surface area contributed by atoms with Crippen LogP contribution in [0.5, 0.6) is 0 Å². The Balaban J connectivity index is 2.25. The quantitative estimate of drug-likeness (QED) is 0.665. The van der Waals surface area contributed by atoms with Crippen molar-refractivity contribution in [2.75, 3.05) is 5.32 Å². The van der Waals surface area contributed by atoms with Gasteiger partial charge in [-0.2, -0.15) is 0 Å². The van der Waals surface area contributed by atoms with Crippen molar-refractivity contribution in [3.8, 4) is 0 Å². The van der Waals surface area contributed by atoms with Crippen molar-refractivity contribution in [1.29, 1.82) is 0 Å². The van der Waals surface area contributed by atoms with Crippen LogP contribution in [0.1, 0.15) is 32.1 Å². The summed E-state index contributed by atoms with van der Waals surface area (Å²) in [5.41, 5.74) is 4.54. The van der Waals surface area contributed by atoms with Gasteiger partial charge in [0.1, 0.15) is 0 Å². The van der Waals surface area contributed by atoms with Crippen molar-refractivity contribution < 1.29 is 18.0 Å². The molecule has 0 saturated heterocycles. The summed E-state index contributed by atoms with van der Waals surface area (Å²) in [6.45, 7) is 0. The molecule has 3 nitrogen and oxygen atoms in total. The van der Waals surface area contributed by atoms with Crippen LogP contribution >= 0.6 is 12.2 Å². The highest BCUT2D eigenvalue weighted by atomic mass is 32.1. The third-order valence-corrected chi connectivity index (χ3v) is 4.25. The summed E-state index contributed by atoms with van der Waals surface area (Å²) in [5.74, 6) is -4.80. The number of thiocarbonyl (C=S) groups is 1. The van der Waals surface area contributed by atoms with Crippen LogP contribution in [0.15, 0.2) is 12.1 Å². The van der Waals surface area contributed by atoms with Crippen LogP contribution < -0.4 is 11.1 Å². The molecule has 0 bridgehead atoms. The van der Waals surface area contributed by atoms with Crippen LogP contribution in [0.2, 0.25) is 0 Å². The zero-order valence-electron chi connectivity index (χ0n) is 11.2. The zero-order chi connectivity index (χ0) is 15.6. The molecule has 0 heterocycles. The number of carbonyl (C=O) groups excluding carboxylic acids is 1. The minimum Gasteiger partial charge on any atom is -0.392 e. The van der Waals surface area contributed by atoms with E-state index >= 15 is 0 Å². The number of hydrogen-bond donors (Lipinski definition) is 2. The number of carbonyl (C=O) groups is 1. The fraction of sp³-hybridized carbons (Fsp3) is 0.429. The highest BCUT2D eigenvalue weighted by Crippen LogP contribution is 2.38. The number of halogens is 3. The molecule has 0 spiro atoms. The molecule has 1 aromatic carbocycles. The fourth-order valence-corrected chi connectivity index (χ4v) is 2.92. The van der Waals surface area contributed by atoms with Crippen molar-refractivity contribution in [3.05, 3.63) is 29.6 Å². The molecule has 1 aliphatic rings. The number of hydrogen-bond acceptors (Lipinski definition) is 2. The first-order chi connectivity index (χ1) is 9.86. The molecular formula is C14H15F3N2OS. The summed E-state index contributed by atoms with van der Waals surface area (Å²) in [6, 6.07) is 1.46. The lowest BCUT2D eigenvalue weighted by Crippen LogP contribution is -2.47. The third kappa shape index (κ3) is 3.02. The number of nitrogens with two attached hydrogens (primary N) is 1. The molecule has 2 rings (SSSR count). The second-order valence-electron chi connectivity index (χ2n) is 5.22. The maximum atomic E-state index is 13.2. The van der Waals surface area contributed by atoms with Gasteiger partial charge in [0.15, 0.2) is 17.5 Å². The van der Waals surface area contributed by atoms with Gasteiger partial charge < -0.3 is 11.1 Å². The molecule has 0 unspecified atom stereocenters. The van der Waals surface area contributed by atoms with Gasteiger partial charge in [-0.3, -0.25) is 4.79 Å². The number of anilines is 1. The molecule has 0 radical (unpaired) electrons. The van der Waals surface area contributed by atoms with Crippen LogP contribution in [0.4, 0.5) is 18.9 Å². The average molecular weight is 316 g/mol.